The molecule has 1 N–H and O–H groups in total. The van der Waals surface area contributed by atoms with E-state index >= 15 is 0 Å². The van der Waals surface area contributed by atoms with Crippen LogP contribution in [0.4, 0.5) is 4.79 Å². The number of hydrogen-bond donors (Lipinski definition) is 1. The van der Waals surface area contributed by atoms with E-state index in [-0.39, 0.29) is 11.9 Å². The lowest BCUT2D eigenvalue weighted by Gasteiger charge is -2.21. The lowest BCUT2D eigenvalue weighted by atomic mass is 10.3. The number of carbonyl (C=O) groups is 2. The van der Waals surface area contributed by atoms with Gasteiger partial charge in [-0.3, -0.25) is 4.79 Å². The zero-order valence-electron chi connectivity index (χ0n) is 12.7. The molecule has 0 radical (unpaired) electrons. The van der Waals surface area contributed by atoms with Crippen molar-refractivity contribution >= 4 is 23.3 Å². The molecule has 1 aromatic heterocycles. The van der Waals surface area contributed by atoms with Crippen molar-refractivity contribution in [1.29, 1.82) is 0 Å². The van der Waals surface area contributed by atoms with Crippen molar-refractivity contribution in [2.45, 2.75) is 33.2 Å². The first-order valence-electron chi connectivity index (χ1n) is 7.46. The molecule has 2 heterocycles. The summed E-state index contributed by atoms with van der Waals surface area (Å²) in [7, 11) is 0. The standard InChI is InChI=1S/C15H23N3O2S/c1-3-13-5-6-14(21-13)11-16-15(20)18-8-4-7-17(9-10-18)12(2)19/h5-6H,3-4,7-11H2,1-2H3,(H,16,20). The van der Waals surface area contributed by atoms with Gasteiger partial charge in [-0.2, -0.15) is 0 Å². The number of hydrogen-bond acceptors (Lipinski definition) is 3. The van der Waals surface area contributed by atoms with Gasteiger partial charge < -0.3 is 15.1 Å². The van der Waals surface area contributed by atoms with Crippen molar-refractivity contribution in [2.24, 2.45) is 0 Å². The van der Waals surface area contributed by atoms with E-state index in [9.17, 15) is 9.59 Å². The molecule has 1 aliphatic heterocycles. The molecule has 116 valence electrons. The number of nitrogens with zero attached hydrogens (tertiary/aromatic N) is 2. The summed E-state index contributed by atoms with van der Waals surface area (Å²) < 4.78 is 0. The molecule has 0 aliphatic carbocycles. The third-order valence-corrected chi connectivity index (χ3v) is 4.94. The van der Waals surface area contributed by atoms with Crippen molar-refractivity contribution < 1.29 is 9.59 Å². The molecular weight excluding hydrogens is 286 g/mol. The zero-order valence-corrected chi connectivity index (χ0v) is 13.5. The molecule has 1 fully saturated rings. The van der Waals surface area contributed by atoms with Crippen molar-refractivity contribution in [3.8, 4) is 0 Å². The van der Waals surface area contributed by atoms with E-state index in [4.69, 9.17) is 0 Å². The number of aryl methyl sites for hydroxylation is 1. The lowest BCUT2D eigenvalue weighted by molar-refractivity contribution is -0.128. The minimum absolute atomic E-state index is 0.0353. The van der Waals surface area contributed by atoms with Gasteiger partial charge in [0.25, 0.3) is 0 Å². The van der Waals surface area contributed by atoms with Crippen LogP contribution in [-0.4, -0.2) is 47.9 Å². The topological polar surface area (TPSA) is 52.7 Å². The van der Waals surface area contributed by atoms with Gasteiger partial charge in [0.1, 0.15) is 0 Å². The number of rotatable bonds is 3. The Labute approximate surface area is 129 Å². The fourth-order valence-electron chi connectivity index (χ4n) is 2.42. The first-order chi connectivity index (χ1) is 10.1. The highest BCUT2D eigenvalue weighted by Gasteiger charge is 2.19. The molecule has 5 nitrogen and oxygen atoms in total. The maximum atomic E-state index is 12.2. The smallest absolute Gasteiger partial charge is 0.317 e. The average molecular weight is 309 g/mol. The summed E-state index contributed by atoms with van der Waals surface area (Å²) in [5, 5.41) is 2.97. The van der Waals surface area contributed by atoms with Crippen LogP contribution in [-0.2, 0) is 17.8 Å². The van der Waals surface area contributed by atoms with Crippen LogP contribution in [0.15, 0.2) is 12.1 Å². The van der Waals surface area contributed by atoms with E-state index in [0.29, 0.717) is 26.2 Å². The molecule has 0 bridgehead atoms. The van der Waals surface area contributed by atoms with Gasteiger partial charge in [-0.15, -0.1) is 11.3 Å². The summed E-state index contributed by atoms with van der Waals surface area (Å²) in [6, 6.07) is 4.15. The molecule has 0 atom stereocenters. The number of amides is 3. The fraction of sp³-hybridized carbons (Fsp3) is 0.600. The molecule has 2 rings (SSSR count). The van der Waals surface area contributed by atoms with Crippen LogP contribution in [0.5, 0.6) is 0 Å². The SMILES string of the molecule is CCc1ccc(CNC(=O)N2CCCN(C(C)=O)CC2)s1. The van der Waals surface area contributed by atoms with Crippen LogP contribution in [0.2, 0.25) is 0 Å². The molecule has 0 unspecified atom stereocenters. The van der Waals surface area contributed by atoms with E-state index in [1.165, 1.54) is 9.75 Å². The first kappa shape index (κ1) is 15.8. The van der Waals surface area contributed by atoms with Crippen LogP contribution >= 0.6 is 11.3 Å². The Kier molecular flexibility index (Phi) is 5.61. The van der Waals surface area contributed by atoms with Gasteiger partial charge in [-0.05, 0) is 25.0 Å². The predicted molar refractivity (Wildman–Crippen MR) is 84.4 cm³/mol. The Balaban J connectivity index is 1.81. The van der Waals surface area contributed by atoms with E-state index in [1.54, 1.807) is 28.1 Å². The normalized spacial score (nSPS) is 15.7. The van der Waals surface area contributed by atoms with Gasteiger partial charge in [0.15, 0.2) is 0 Å². The van der Waals surface area contributed by atoms with Crippen LogP contribution < -0.4 is 5.32 Å². The highest BCUT2D eigenvalue weighted by molar-refractivity contribution is 7.11. The molecule has 1 aliphatic rings. The Hall–Kier alpha value is -1.56. The van der Waals surface area contributed by atoms with Crippen molar-refractivity contribution in [2.75, 3.05) is 26.2 Å². The summed E-state index contributed by atoms with van der Waals surface area (Å²) in [5.41, 5.74) is 0. The van der Waals surface area contributed by atoms with Gasteiger partial charge in [-0.25, -0.2) is 4.79 Å². The number of thiophene rings is 1. The van der Waals surface area contributed by atoms with Gasteiger partial charge in [0, 0.05) is 42.9 Å². The van der Waals surface area contributed by atoms with Crippen LogP contribution in [0.1, 0.15) is 30.0 Å². The van der Waals surface area contributed by atoms with Gasteiger partial charge in [0.05, 0.1) is 6.54 Å². The second-order valence-corrected chi connectivity index (χ2v) is 6.48. The number of urea groups is 1. The summed E-state index contributed by atoms with van der Waals surface area (Å²) in [6.07, 6.45) is 1.87. The minimum Gasteiger partial charge on any atom is -0.341 e. The molecule has 1 aromatic rings. The van der Waals surface area contributed by atoms with Crippen LogP contribution in [0.25, 0.3) is 0 Å². The van der Waals surface area contributed by atoms with Crippen molar-refractivity contribution in [3.63, 3.8) is 0 Å². The Bertz CT molecular complexity index is 501. The van der Waals surface area contributed by atoms with Crippen molar-refractivity contribution in [3.05, 3.63) is 21.9 Å². The number of nitrogens with one attached hydrogen (secondary N) is 1. The second-order valence-electron chi connectivity index (χ2n) is 5.23. The predicted octanol–water partition coefficient (Wildman–Crippen LogP) is 2.07. The van der Waals surface area contributed by atoms with Gasteiger partial charge >= 0.3 is 6.03 Å². The van der Waals surface area contributed by atoms with Crippen molar-refractivity contribution in [1.82, 2.24) is 15.1 Å². The summed E-state index contributed by atoms with van der Waals surface area (Å²) in [5.74, 6) is 0.0861. The maximum Gasteiger partial charge on any atom is 0.317 e. The second kappa shape index (κ2) is 7.45. The monoisotopic (exact) mass is 309 g/mol. The van der Waals surface area contributed by atoms with E-state index in [1.807, 2.05) is 0 Å². The summed E-state index contributed by atoms with van der Waals surface area (Å²) in [4.78, 5) is 29.7. The average Bonchev–Trinajstić information content (AvgIpc) is 2.78. The van der Waals surface area contributed by atoms with Gasteiger partial charge in [0.2, 0.25) is 5.91 Å². The largest absolute Gasteiger partial charge is 0.341 e. The summed E-state index contributed by atoms with van der Waals surface area (Å²) >= 11 is 1.74. The van der Waals surface area contributed by atoms with Gasteiger partial charge in [-0.1, -0.05) is 6.92 Å². The van der Waals surface area contributed by atoms with Crippen LogP contribution in [0, 0.1) is 0 Å². The molecule has 0 saturated carbocycles. The molecule has 0 spiro atoms. The minimum atomic E-state index is -0.0353. The van der Waals surface area contributed by atoms with E-state index < -0.39 is 0 Å². The third kappa shape index (κ3) is 4.46. The Morgan fingerprint density at radius 3 is 2.48 bits per heavy atom. The Morgan fingerprint density at radius 2 is 1.81 bits per heavy atom. The molecule has 1 saturated heterocycles. The third-order valence-electron chi connectivity index (χ3n) is 3.71. The van der Waals surface area contributed by atoms with Crippen LogP contribution in [0.3, 0.4) is 0 Å². The first-order valence-corrected chi connectivity index (χ1v) is 8.27. The number of carbonyl (C=O) groups excluding carboxylic acids is 2. The fourth-order valence-corrected chi connectivity index (χ4v) is 3.31. The molecule has 0 aromatic carbocycles. The molecule has 3 amide bonds. The molecular formula is C15H23N3O2S. The lowest BCUT2D eigenvalue weighted by Crippen LogP contribution is -2.42. The van der Waals surface area contributed by atoms with E-state index in [0.717, 1.165) is 19.4 Å². The molecule has 6 heteroatoms. The zero-order chi connectivity index (χ0) is 15.2. The Morgan fingerprint density at radius 1 is 1.14 bits per heavy atom. The summed E-state index contributed by atoms with van der Waals surface area (Å²) in [6.45, 7) is 6.97. The van der Waals surface area contributed by atoms with E-state index in [2.05, 4.69) is 24.4 Å². The quantitative estimate of drug-likeness (QED) is 0.929. The maximum absolute atomic E-state index is 12.2. The highest BCUT2D eigenvalue weighted by atomic mass is 32.1. The highest BCUT2D eigenvalue weighted by Crippen LogP contribution is 2.16. The molecule has 21 heavy (non-hydrogen) atoms.